The van der Waals surface area contributed by atoms with Crippen LogP contribution < -0.4 is 49.3 Å². The van der Waals surface area contributed by atoms with E-state index >= 15 is 0 Å². The largest absolute Gasteiger partial charge is 0.415 e. The van der Waals surface area contributed by atoms with Gasteiger partial charge in [-0.25, -0.2) is 4.39 Å². The molecule has 0 fully saturated rings. The fourth-order valence-electron chi connectivity index (χ4n) is 7.34. The number of benzene rings is 3. The van der Waals surface area contributed by atoms with Crippen molar-refractivity contribution in [3.05, 3.63) is 68.4 Å². The molecule has 3 aromatic carbocycles. The van der Waals surface area contributed by atoms with Crippen LogP contribution in [0.25, 0.3) is 11.1 Å². The highest BCUT2D eigenvalue weighted by molar-refractivity contribution is 7.98. The maximum Gasteiger partial charge on any atom is 0.415 e. The molecule has 6 nitrogen and oxygen atoms in total. The molecule has 1 aliphatic rings. The van der Waals surface area contributed by atoms with E-state index in [1.807, 2.05) is 0 Å². The van der Waals surface area contributed by atoms with Gasteiger partial charge in [0.25, 0.3) is 5.56 Å². The minimum absolute atomic E-state index is 0.105. The summed E-state index contributed by atoms with van der Waals surface area (Å²) in [5, 5.41) is -4.38. The zero-order chi connectivity index (χ0) is 44.1. The predicted octanol–water partition coefficient (Wildman–Crippen LogP) is -4.45. The Balaban J connectivity index is 1.67. The lowest BCUT2D eigenvalue weighted by molar-refractivity contribution is -0.136. The Morgan fingerprint density at radius 1 is 0.780 bits per heavy atom. The van der Waals surface area contributed by atoms with Crippen molar-refractivity contribution in [3.63, 3.8) is 0 Å². The zero-order valence-corrected chi connectivity index (χ0v) is 33.2. The Kier molecular flexibility index (Phi) is 14.0. The molecule has 24 radical (unpaired) electrons. The standard InChI is InChI=1S/C36H26B12F4N4O2S/c1-3-54(4-2)35(45,46)36(47,48)56(20(57)13-55-19-7-5-6-17(19)32(58)53-33(55)59-14-15-8-10-16(49)11-9-15)12-18-24(37)26(39)21(27(40)25(18)38)22-28(41)30(43)23(34(50,51)52)31(44)29(22)42/h8-11H,3-7,12-14H2,1-2H3. The lowest BCUT2D eigenvalue weighted by atomic mass is 9.36. The second-order valence-corrected chi connectivity index (χ2v) is 15.1. The van der Waals surface area contributed by atoms with Crippen molar-refractivity contribution in [2.24, 2.45) is 0 Å². The number of fused-ring (bicyclic) bond motifs is 1. The smallest absolute Gasteiger partial charge is 0.348 e. The molecule has 5 rings (SSSR count). The maximum absolute atomic E-state index is 14.9. The van der Waals surface area contributed by atoms with Crippen molar-refractivity contribution in [2.45, 2.75) is 74.0 Å². The monoisotopic (exact) mass is 786 g/mol. The third-order valence-corrected chi connectivity index (χ3v) is 11.8. The molecule has 4 aromatic rings. The van der Waals surface area contributed by atoms with Gasteiger partial charge >= 0.3 is 6.18 Å². The molecule has 23 heteroatoms. The summed E-state index contributed by atoms with van der Waals surface area (Å²) in [6, 6.07) is 5.76. The average molecular weight is 784 g/mol. The maximum atomic E-state index is 14.9. The third kappa shape index (κ3) is 8.67. The summed E-state index contributed by atoms with van der Waals surface area (Å²) in [6.07, 6.45) is -3.54. The Morgan fingerprint density at radius 3 is 1.78 bits per heavy atom. The lowest BCUT2D eigenvalue weighted by Crippen LogP contribution is -2.74. The lowest BCUT2D eigenvalue weighted by Gasteiger charge is -2.57. The number of hydrogen-bond acceptors (Lipinski definition) is 5. The molecule has 0 aliphatic heterocycles. The van der Waals surface area contributed by atoms with Crippen LogP contribution >= 0.6 is 11.8 Å². The number of aromatic nitrogens is 2. The van der Waals surface area contributed by atoms with E-state index in [4.69, 9.17) is 94.2 Å². The molecule has 0 bridgehead atoms. The number of halogens is 4. The van der Waals surface area contributed by atoms with E-state index in [1.165, 1.54) is 17.0 Å². The molecular weight excluding hydrogens is 758 g/mol. The minimum atomic E-state index is -5.03. The fraction of sp³-hybridized carbons (Fsp3) is 0.361. The number of carbonyl (C=O) groups excluding carboxylic acids is 1. The number of nitrogens with zero attached hydrogens (tertiary/aromatic N) is 4. The molecule has 0 N–H and O–H groups in total. The minimum Gasteiger partial charge on any atom is -0.348 e. The van der Waals surface area contributed by atoms with Gasteiger partial charge in [-0.3, -0.25) is 9.59 Å². The predicted molar refractivity (Wildman–Crippen MR) is 238 cm³/mol. The Bertz CT molecular complexity index is 2300. The van der Waals surface area contributed by atoms with Crippen molar-refractivity contribution in [1.82, 2.24) is 19.4 Å². The topological polar surface area (TPSA) is 58.4 Å². The second kappa shape index (κ2) is 17.7. The summed E-state index contributed by atoms with van der Waals surface area (Å²) >= 11 is 1.15. The first-order valence-corrected chi connectivity index (χ1v) is 19.2. The van der Waals surface area contributed by atoms with Gasteiger partial charge < -0.3 is 14.4 Å². The number of thioether (sulfide) groups is 1. The molecule has 0 spiro atoms. The van der Waals surface area contributed by atoms with E-state index in [0.717, 1.165) is 22.2 Å². The van der Waals surface area contributed by atoms with Gasteiger partial charge in [-0.05, 0) is 77.4 Å². The highest BCUT2D eigenvalue weighted by Gasteiger charge is 2.45. The first kappa shape index (κ1) is 46.9. The van der Waals surface area contributed by atoms with Gasteiger partial charge in [-0.1, -0.05) is 81.4 Å². The zero-order valence-electron chi connectivity index (χ0n) is 32.4. The Morgan fingerprint density at radius 2 is 1.29 bits per heavy atom. The number of amides is 1. The summed E-state index contributed by atoms with van der Waals surface area (Å²) in [5.41, 5.74) is -5.48. The fourth-order valence-corrected chi connectivity index (χ4v) is 8.30. The van der Waals surface area contributed by atoms with Crippen LogP contribution in [0.4, 0.5) is 17.6 Å². The molecule has 0 saturated heterocycles. The van der Waals surface area contributed by atoms with Gasteiger partial charge in [0, 0.05) is 29.1 Å². The van der Waals surface area contributed by atoms with Crippen molar-refractivity contribution < 1.29 is 22.4 Å². The first-order valence-electron chi connectivity index (χ1n) is 18.2. The van der Waals surface area contributed by atoms with Gasteiger partial charge in [0.15, 0.2) is 5.16 Å². The molecule has 59 heavy (non-hydrogen) atoms. The number of alkyl halides is 3. The van der Waals surface area contributed by atoms with Crippen LogP contribution in [0.5, 0.6) is 0 Å². The van der Waals surface area contributed by atoms with Crippen LogP contribution in [0.2, 0.25) is 0 Å². The van der Waals surface area contributed by atoms with Crippen molar-refractivity contribution in [1.29, 1.82) is 0 Å². The molecule has 0 unspecified atom stereocenters. The molecule has 1 heterocycles. The van der Waals surface area contributed by atoms with Crippen molar-refractivity contribution in [3.8, 4) is 11.1 Å². The molecule has 1 amide bonds. The van der Waals surface area contributed by atoms with Crippen molar-refractivity contribution >= 4 is 156 Å². The normalized spacial score (nSPS) is 13.2. The Hall–Kier alpha value is -3.18. The van der Waals surface area contributed by atoms with Gasteiger partial charge in [-0.15, -0.1) is 0 Å². The van der Waals surface area contributed by atoms with Crippen LogP contribution in [0.1, 0.15) is 48.2 Å². The van der Waals surface area contributed by atoms with E-state index < -0.39 is 74.6 Å². The highest BCUT2D eigenvalue weighted by Crippen LogP contribution is 2.30. The van der Waals surface area contributed by atoms with Crippen LogP contribution in [0.3, 0.4) is 0 Å². The molecule has 1 aliphatic carbocycles. The number of rotatable bonds is 13. The van der Waals surface area contributed by atoms with E-state index in [2.05, 4.69) is 4.98 Å². The molecular formula is C36H26B12F4N4O2S. The molecule has 272 valence electrons. The second-order valence-electron chi connectivity index (χ2n) is 14.2. The number of likely N-dealkylation sites (N-methyl/N-ethyl adjacent to an activating group) is 1. The van der Waals surface area contributed by atoms with Gasteiger partial charge in [0.1, 0.15) is 75.1 Å². The quantitative estimate of drug-likeness (QED) is 0.0594. The third-order valence-electron chi connectivity index (χ3n) is 10.7. The summed E-state index contributed by atoms with van der Waals surface area (Å²) in [6.45, 7) is 2.84. The first-order chi connectivity index (χ1) is 27.4. The molecule has 0 atom stereocenters. The SMILES string of the molecule is [B]c1c([B])c(-c2c([B])c([B])c(C(F)(F)F)c([B])c2[B])c([B])c([B])c1CN(C(=O)Cn1c(SCc2ccc(F)cc2)nc(=O)c2c1CCC2)C([B])([B])C([B])([B])N(CC)CC. The summed E-state index contributed by atoms with van der Waals surface area (Å²) in [7, 11) is 77.1. The van der Waals surface area contributed by atoms with Crippen molar-refractivity contribution in [2.75, 3.05) is 13.1 Å². The summed E-state index contributed by atoms with van der Waals surface area (Å²) in [5.74, 6) is -0.949. The van der Waals surface area contributed by atoms with E-state index in [1.54, 1.807) is 30.5 Å². The molecule has 1 aromatic heterocycles. The number of carbonyl (C=O) groups is 1. The summed E-state index contributed by atoms with van der Waals surface area (Å²) in [4.78, 5) is 34.8. The highest BCUT2D eigenvalue weighted by atomic mass is 32.2. The van der Waals surface area contributed by atoms with Crippen LogP contribution in [-0.2, 0) is 42.7 Å². The summed E-state index contributed by atoms with van der Waals surface area (Å²) < 4.78 is 56.9. The van der Waals surface area contributed by atoms with Crippen LogP contribution in [0, 0.1) is 5.82 Å². The van der Waals surface area contributed by atoms with E-state index in [9.17, 15) is 27.2 Å². The molecule has 0 saturated carbocycles. The van der Waals surface area contributed by atoms with E-state index in [-0.39, 0.29) is 62.5 Å². The average Bonchev–Trinajstić information content (AvgIpc) is 3.66. The number of hydrogen-bond donors (Lipinski definition) is 0. The van der Waals surface area contributed by atoms with Gasteiger partial charge in [-0.2, -0.15) is 18.2 Å². The van der Waals surface area contributed by atoms with Gasteiger partial charge in [0.05, 0.1) is 31.4 Å². The van der Waals surface area contributed by atoms with Crippen LogP contribution in [-0.4, -0.2) is 143 Å². The Labute approximate surface area is 362 Å². The van der Waals surface area contributed by atoms with Crippen LogP contribution in [0.15, 0.2) is 34.2 Å². The van der Waals surface area contributed by atoms with Gasteiger partial charge in [0.2, 0.25) is 5.91 Å². The van der Waals surface area contributed by atoms with E-state index in [0.29, 0.717) is 30.5 Å².